The van der Waals surface area contributed by atoms with E-state index in [9.17, 15) is 9.90 Å². The molecule has 1 aliphatic heterocycles. The van der Waals surface area contributed by atoms with Crippen molar-refractivity contribution < 1.29 is 9.90 Å². The Hall–Kier alpha value is -2.08. The Morgan fingerprint density at radius 2 is 1.70 bits per heavy atom. The van der Waals surface area contributed by atoms with E-state index in [1.54, 1.807) is 17.4 Å². The topological polar surface area (TPSA) is 43.8 Å². The molecule has 0 unspecified atom stereocenters. The highest BCUT2D eigenvalue weighted by Gasteiger charge is 2.20. The molecular formula is C21H23ClN2O2S. The first-order valence-electron chi connectivity index (χ1n) is 8.97. The van der Waals surface area contributed by atoms with Gasteiger partial charge in [0.2, 0.25) is 0 Å². The lowest BCUT2D eigenvalue weighted by Gasteiger charge is -2.36. The Kier molecular flexibility index (Phi) is 6.37. The monoisotopic (exact) mass is 402 g/mol. The SMILES string of the molecule is Cl.O=C(CCN1CCN(c2ccccc2O)CC1)c1csc2ccccc12. The number of halogens is 1. The lowest BCUT2D eigenvalue weighted by atomic mass is 10.1. The summed E-state index contributed by atoms with van der Waals surface area (Å²) >= 11 is 1.64. The van der Waals surface area contributed by atoms with Crippen LogP contribution in [-0.2, 0) is 0 Å². The van der Waals surface area contributed by atoms with Crippen LogP contribution >= 0.6 is 23.7 Å². The van der Waals surface area contributed by atoms with Crippen LogP contribution in [-0.4, -0.2) is 48.5 Å². The number of hydrogen-bond acceptors (Lipinski definition) is 5. The number of fused-ring (bicyclic) bond motifs is 1. The zero-order valence-electron chi connectivity index (χ0n) is 15.0. The highest BCUT2D eigenvalue weighted by atomic mass is 35.5. The number of Topliss-reactive ketones (excluding diaryl/α,β-unsaturated/α-hetero) is 1. The molecule has 4 rings (SSSR count). The number of anilines is 1. The van der Waals surface area contributed by atoms with Crippen molar-refractivity contribution >= 4 is 45.3 Å². The molecule has 0 radical (unpaired) electrons. The van der Waals surface area contributed by atoms with E-state index in [2.05, 4.69) is 15.9 Å². The zero-order chi connectivity index (χ0) is 17.9. The van der Waals surface area contributed by atoms with Crippen LogP contribution in [0.2, 0.25) is 0 Å². The minimum Gasteiger partial charge on any atom is -0.506 e. The highest BCUT2D eigenvalue weighted by Crippen LogP contribution is 2.28. The van der Waals surface area contributed by atoms with E-state index in [0.717, 1.165) is 49.4 Å². The molecule has 0 bridgehead atoms. The Balaban J connectivity index is 0.00000210. The van der Waals surface area contributed by atoms with Gasteiger partial charge in [-0.2, -0.15) is 0 Å². The number of carbonyl (C=O) groups is 1. The molecule has 0 saturated carbocycles. The van der Waals surface area contributed by atoms with Gasteiger partial charge in [0.25, 0.3) is 0 Å². The molecule has 2 heterocycles. The van der Waals surface area contributed by atoms with E-state index >= 15 is 0 Å². The summed E-state index contributed by atoms with van der Waals surface area (Å²) in [6, 6.07) is 15.6. The predicted molar refractivity (Wildman–Crippen MR) is 115 cm³/mol. The van der Waals surface area contributed by atoms with Crippen LogP contribution in [0.3, 0.4) is 0 Å². The lowest BCUT2D eigenvalue weighted by Crippen LogP contribution is -2.46. The van der Waals surface area contributed by atoms with Crippen molar-refractivity contribution in [1.82, 2.24) is 4.90 Å². The Morgan fingerprint density at radius 1 is 1.00 bits per heavy atom. The van der Waals surface area contributed by atoms with Crippen molar-refractivity contribution in [3.05, 3.63) is 59.5 Å². The number of phenolic OH excluding ortho intramolecular Hbond substituents is 1. The molecule has 3 aromatic rings. The molecule has 142 valence electrons. The standard InChI is InChI=1S/C21H22N2O2S.ClH/c24-19(17-15-26-21-8-4-1-5-16(17)21)9-10-22-11-13-23(14-12-22)18-6-2-3-7-20(18)25;/h1-8,15,25H,9-14H2;1H. The third-order valence-corrected chi connectivity index (χ3v) is 5.99. The zero-order valence-corrected chi connectivity index (χ0v) is 16.6. The van der Waals surface area contributed by atoms with Crippen molar-refractivity contribution in [2.45, 2.75) is 6.42 Å². The van der Waals surface area contributed by atoms with E-state index in [1.165, 1.54) is 4.70 Å². The van der Waals surface area contributed by atoms with Crippen molar-refractivity contribution in [1.29, 1.82) is 0 Å². The van der Waals surface area contributed by atoms with Crippen LogP contribution in [0.25, 0.3) is 10.1 Å². The van der Waals surface area contributed by atoms with Crippen LogP contribution in [0.5, 0.6) is 5.75 Å². The molecule has 1 fully saturated rings. The number of phenols is 1. The lowest BCUT2D eigenvalue weighted by molar-refractivity contribution is 0.0964. The van der Waals surface area contributed by atoms with E-state index in [-0.39, 0.29) is 18.2 Å². The quantitative estimate of drug-likeness (QED) is 0.641. The molecule has 2 aromatic carbocycles. The number of thiophene rings is 1. The van der Waals surface area contributed by atoms with Crippen LogP contribution in [0.15, 0.2) is 53.9 Å². The fourth-order valence-corrected chi connectivity index (χ4v) is 4.50. The smallest absolute Gasteiger partial charge is 0.165 e. The number of rotatable bonds is 5. The number of ketones is 1. The maximum atomic E-state index is 12.6. The van der Waals surface area contributed by atoms with Gasteiger partial charge in [-0.25, -0.2) is 0 Å². The van der Waals surface area contributed by atoms with Gasteiger partial charge in [-0.15, -0.1) is 23.7 Å². The van der Waals surface area contributed by atoms with Gasteiger partial charge in [-0.05, 0) is 18.2 Å². The van der Waals surface area contributed by atoms with Gasteiger partial charge in [0, 0.05) is 60.2 Å². The molecule has 6 heteroatoms. The predicted octanol–water partition coefficient (Wildman–Crippen LogP) is 4.42. The molecular weight excluding hydrogens is 380 g/mol. The number of para-hydroxylation sites is 2. The van der Waals surface area contributed by atoms with Gasteiger partial charge in [-0.3, -0.25) is 9.69 Å². The Bertz CT molecular complexity index is 919. The van der Waals surface area contributed by atoms with Crippen LogP contribution in [0.4, 0.5) is 5.69 Å². The summed E-state index contributed by atoms with van der Waals surface area (Å²) in [7, 11) is 0. The number of carbonyl (C=O) groups excluding carboxylic acids is 1. The number of aromatic hydroxyl groups is 1. The summed E-state index contributed by atoms with van der Waals surface area (Å²) in [5, 5.41) is 13.1. The minimum atomic E-state index is 0. The number of benzene rings is 2. The molecule has 0 spiro atoms. The maximum Gasteiger partial charge on any atom is 0.165 e. The molecule has 0 atom stereocenters. The summed E-state index contributed by atoms with van der Waals surface area (Å²) in [6.07, 6.45) is 0.553. The highest BCUT2D eigenvalue weighted by molar-refractivity contribution is 7.17. The average molecular weight is 403 g/mol. The first-order chi connectivity index (χ1) is 12.7. The average Bonchev–Trinajstić information content (AvgIpc) is 3.11. The largest absolute Gasteiger partial charge is 0.506 e. The number of hydrogen-bond donors (Lipinski definition) is 1. The van der Waals surface area contributed by atoms with Crippen molar-refractivity contribution in [3.8, 4) is 5.75 Å². The second-order valence-electron chi connectivity index (χ2n) is 6.64. The van der Waals surface area contributed by atoms with Crippen LogP contribution < -0.4 is 4.90 Å². The third-order valence-electron chi connectivity index (χ3n) is 5.03. The van der Waals surface area contributed by atoms with Crippen LogP contribution in [0.1, 0.15) is 16.8 Å². The van der Waals surface area contributed by atoms with Gasteiger partial charge in [0.1, 0.15) is 5.75 Å². The summed E-state index contributed by atoms with van der Waals surface area (Å²) < 4.78 is 1.17. The van der Waals surface area contributed by atoms with Crippen LogP contribution in [0, 0.1) is 0 Å². The van der Waals surface area contributed by atoms with Gasteiger partial charge in [0.05, 0.1) is 5.69 Å². The number of nitrogens with zero attached hydrogens (tertiary/aromatic N) is 2. The molecule has 4 nitrogen and oxygen atoms in total. The molecule has 0 aliphatic carbocycles. The third kappa shape index (κ3) is 4.26. The summed E-state index contributed by atoms with van der Waals surface area (Å²) in [4.78, 5) is 17.2. The number of piperazine rings is 1. The van der Waals surface area contributed by atoms with Crippen molar-refractivity contribution in [2.24, 2.45) is 0 Å². The molecule has 27 heavy (non-hydrogen) atoms. The van der Waals surface area contributed by atoms with E-state index in [4.69, 9.17) is 0 Å². The second kappa shape index (κ2) is 8.74. The van der Waals surface area contributed by atoms with Gasteiger partial charge < -0.3 is 10.0 Å². The molecule has 0 amide bonds. The summed E-state index contributed by atoms with van der Waals surface area (Å²) in [5.41, 5.74) is 1.76. The Labute approximate surface area is 169 Å². The van der Waals surface area contributed by atoms with E-state index in [0.29, 0.717) is 12.2 Å². The minimum absolute atomic E-state index is 0. The molecule has 1 saturated heterocycles. The maximum absolute atomic E-state index is 12.6. The normalized spacial score (nSPS) is 14.9. The van der Waals surface area contributed by atoms with Gasteiger partial charge >= 0.3 is 0 Å². The molecule has 1 N–H and O–H groups in total. The van der Waals surface area contributed by atoms with Gasteiger partial charge in [-0.1, -0.05) is 30.3 Å². The first-order valence-corrected chi connectivity index (χ1v) is 9.85. The summed E-state index contributed by atoms with van der Waals surface area (Å²) in [6.45, 7) is 4.34. The van der Waals surface area contributed by atoms with Crippen molar-refractivity contribution in [3.63, 3.8) is 0 Å². The molecule has 1 aromatic heterocycles. The summed E-state index contributed by atoms with van der Waals surface area (Å²) in [5.74, 6) is 0.561. The fraction of sp³-hybridized carbons (Fsp3) is 0.286. The molecule has 1 aliphatic rings. The first kappa shape index (κ1) is 19.7. The Morgan fingerprint density at radius 3 is 2.48 bits per heavy atom. The second-order valence-corrected chi connectivity index (χ2v) is 7.55. The van der Waals surface area contributed by atoms with E-state index in [1.807, 2.05) is 41.8 Å². The fourth-order valence-electron chi connectivity index (χ4n) is 3.53. The van der Waals surface area contributed by atoms with E-state index < -0.39 is 0 Å². The van der Waals surface area contributed by atoms with Gasteiger partial charge in [0.15, 0.2) is 5.78 Å². The van der Waals surface area contributed by atoms with Crippen molar-refractivity contribution in [2.75, 3.05) is 37.6 Å².